The average molecular weight is 406 g/mol. The fourth-order valence-corrected chi connectivity index (χ4v) is 3.84. The molecule has 0 aliphatic heterocycles. The van der Waals surface area contributed by atoms with Crippen molar-refractivity contribution in [2.24, 2.45) is 5.73 Å². The Morgan fingerprint density at radius 3 is 2.63 bits per heavy atom. The smallest absolute Gasteiger partial charge is 0.272 e. The molecule has 0 saturated carbocycles. The zero-order valence-corrected chi connectivity index (χ0v) is 13.7. The van der Waals surface area contributed by atoms with Gasteiger partial charge in [0.15, 0.2) is 0 Å². The van der Waals surface area contributed by atoms with E-state index in [9.17, 15) is 10.1 Å². The molecule has 0 spiro atoms. The van der Waals surface area contributed by atoms with Crippen molar-refractivity contribution >= 4 is 48.9 Å². The number of rotatable bonds is 4. The maximum atomic E-state index is 11.0. The monoisotopic (exact) mass is 404 g/mol. The molecule has 1 heterocycles. The van der Waals surface area contributed by atoms with E-state index in [1.807, 2.05) is 6.07 Å². The molecule has 1 unspecified atom stereocenters. The molecule has 1 aromatic carbocycles. The van der Waals surface area contributed by atoms with Crippen LogP contribution in [0.1, 0.15) is 16.5 Å². The number of benzene rings is 1. The first-order chi connectivity index (χ1) is 8.99. The van der Waals surface area contributed by atoms with Gasteiger partial charge in [0.05, 0.1) is 8.71 Å². The molecule has 0 amide bonds. The zero-order valence-electron chi connectivity index (χ0n) is 9.68. The number of nitrogens with two attached hydrogens (primary N) is 1. The van der Waals surface area contributed by atoms with Gasteiger partial charge in [-0.3, -0.25) is 10.1 Å². The van der Waals surface area contributed by atoms with Crippen molar-refractivity contribution < 1.29 is 4.92 Å². The minimum absolute atomic E-state index is 0.118. The van der Waals surface area contributed by atoms with Gasteiger partial charge in [-0.05, 0) is 44.3 Å². The summed E-state index contributed by atoms with van der Waals surface area (Å²) in [5, 5.41) is 11.0. The third-order valence-corrected chi connectivity index (χ3v) is 6.05. The van der Waals surface area contributed by atoms with Crippen LogP contribution in [0.2, 0.25) is 0 Å². The molecule has 19 heavy (non-hydrogen) atoms. The van der Waals surface area contributed by atoms with Crippen LogP contribution in [0.25, 0.3) is 0 Å². The van der Waals surface area contributed by atoms with Crippen LogP contribution >= 0.6 is 43.2 Å². The summed E-state index contributed by atoms with van der Waals surface area (Å²) in [7, 11) is 0. The van der Waals surface area contributed by atoms with E-state index in [2.05, 4.69) is 31.9 Å². The average Bonchev–Trinajstić information content (AvgIpc) is 2.70. The minimum atomic E-state index is -0.373. The van der Waals surface area contributed by atoms with Crippen LogP contribution in [0.5, 0.6) is 0 Å². The normalized spacial score (nSPS) is 12.4. The van der Waals surface area contributed by atoms with Crippen LogP contribution in [-0.4, -0.2) is 4.92 Å². The molecule has 7 heteroatoms. The molecule has 0 aliphatic carbocycles. The summed E-state index contributed by atoms with van der Waals surface area (Å²) in [6.07, 6.45) is 0.441. The zero-order chi connectivity index (χ0) is 14.0. The lowest BCUT2D eigenvalue weighted by Crippen LogP contribution is -2.12. The Kier molecular flexibility index (Phi) is 4.72. The van der Waals surface area contributed by atoms with Gasteiger partial charge in [-0.15, -0.1) is 11.3 Å². The summed E-state index contributed by atoms with van der Waals surface area (Å²) in [6.45, 7) is 0. The van der Waals surface area contributed by atoms with Crippen molar-refractivity contribution in [2.45, 2.75) is 12.5 Å². The highest BCUT2D eigenvalue weighted by molar-refractivity contribution is 9.13. The summed E-state index contributed by atoms with van der Waals surface area (Å²) < 4.78 is 1.92. The van der Waals surface area contributed by atoms with Gasteiger partial charge in [-0.2, -0.15) is 0 Å². The highest BCUT2D eigenvalue weighted by atomic mass is 79.9. The van der Waals surface area contributed by atoms with Crippen molar-refractivity contribution in [3.63, 3.8) is 0 Å². The quantitative estimate of drug-likeness (QED) is 0.604. The van der Waals surface area contributed by atoms with Crippen LogP contribution in [0.3, 0.4) is 0 Å². The van der Waals surface area contributed by atoms with E-state index in [4.69, 9.17) is 5.73 Å². The third-order valence-electron chi connectivity index (χ3n) is 2.66. The number of para-hydroxylation sites is 1. The summed E-state index contributed by atoms with van der Waals surface area (Å²) in [4.78, 5) is 11.6. The van der Waals surface area contributed by atoms with Crippen LogP contribution in [-0.2, 0) is 6.42 Å². The predicted octanol–water partition coefficient (Wildman–Crippen LogP) is 4.42. The summed E-state index contributed by atoms with van der Waals surface area (Å²) in [5.74, 6) is 0. The lowest BCUT2D eigenvalue weighted by molar-refractivity contribution is -0.385. The number of nitrogens with zero attached hydrogens (tertiary/aromatic N) is 1. The molecule has 2 rings (SSSR count). The Morgan fingerprint density at radius 2 is 2.05 bits per heavy atom. The van der Waals surface area contributed by atoms with Gasteiger partial charge in [0.2, 0.25) is 0 Å². The number of nitro groups is 1. The van der Waals surface area contributed by atoms with E-state index >= 15 is 0 Å². The van der Waals surface area contributed by atoms with E-state index in [-0.39, 0.29) is 16.7 Å². The Hall–Kier alpha value is -0.760. The largest absolute Gasteiger partial charge is 0.323 e. The highest BCUT2D eigenvalue weighted by Gasteiger charge is 2.18. The number of hydrogen-bond acceptors (Lipinski definition) is 4. The topological polar surface area (TPSA) is 69.2 Å². The maximum Gasteiger partial charge on any atom is 0.272 e. The molecule has 4 nitrogen and oxygen atoms in total. The molecule has 0 radical (unpaired) electrons. The van der Waals surface area contributed by atoms with Crippen LogP contribution in [0.15, 0.2) is 38.6 Å². The van der Waals surface area contributed by atoms with Crippen molar-refractivity contribution in [1.29, 1.82) is 0 Å². The third kappa shape index (κ3) is 3.42. The second-order valence-electron chi connectivity index (χ2n) is 3.97. The van der Waals surface area contributed by atoms with Gasteiger partial charge in [-0.25, -0.2) is 0 Å². The van der Waals surface area contributed by atoms with E-state index in [0.29, 0.717) is 12.0 Å². The molecule has 0 bridgehead atoms. The lowest BCUT2D eigenvalue weighted by atomic mass is 10.0. The second-order valence-corrected chi connectivity index (χ2v) is 7.22. The van der Waals surface area contributed by atoms with Gasteiger partial charge >= 0.3 is 0 Å². The lowest BCUT2D eigenvalue weighted by Gasteiger charge is -2.09. The Morgan fingerprint density at radius 1 is 1.37 bits per heavy atom. The fraction of sp³-hybridized carbons (Fsp3) is 0.167. The number of thiophene rings is 1. The first-order valence-corrected chi connectivity index (χ1v) is 7.82. The minimum Gasteiger partial charge on any atom is -0.323 e. The molecular weight excluding hydrogens is 396 g/mol. The molecule has 0 aliphatic rings. The van der Waals surface area contributed by atoms with Crippen LogP contribution < -0.4 is 5.73 Å². The van der Waals surface area contributed by atoms with Crippen molar-refractivity contribution in [1.82, 2.24) is 0 Å². The first-order valence-electron chi connectivity index (χ1n) is 5.41. The van der Waals surface area contributed by atoms with Gasteiger partial charge in [0.1, 0.15) is 0 Å². The molecule has 2 N–H and O–H groups in total. The van der Waals surface area contributed by atoms with Crippen LogP contribution in [0.4, 0.5) is 5.69 Å². The summed E-state index contributed by atoms with van der Waals surface area (Å²) in [5.41, 5.74) is 6.90. The molecule has 0 saturated heterocycles. The SMILES string of the molecule is NC(Cc1ccccc1[N+](=O)[O-])c1cc(Br)c(Br)s1. The first kappa shape index (κ1) is 14.6. The summed E-state index contributed by atoms with van der Waals surface area (Å²) in [6, 6.07) is 8.38. The van der Waals surface area contributed by atoms with E-state index in [1.165, 1.54) is 17.4 Å². The maximum absolute atomic E-state index is 11.0. The summed E-state index contributed by atoms with van der Waals surface area (Å²) >= 11 is 8.35. The van der Waals surface area contributed by atoms with E-state index < -0.39 is 0 Å². The molecule has 1 aromatic heterocycles. The Labute approximate surface area is 131 Å². The fourth-order valence-electron chi connectivity index (χ4n) is 1.75. The highest BCUT2D eigenvalue weighted by Crippen LogP contribution is 2.36. The number of halogens is 2. The van der Waals surface area contributed by atoms with Gasteiger partial charge in [0, 0.05) is 27.0 Å². The van der Waals surface area contributed by atoms with Crippen molar-refractivity contribution in [3.05, 3.63) is 59.1 Å². The second kappa shape index (κ2) is 6.13. The van der Waals surface area contributed by atoms with E-state index in [1.54, 1.807) is 18.2 Å². The van der Waals surface area contributed by atoms with E-state index in [0.717, 1.165) is 13.1 Å². The Bertz CT molecular complexity index is 596. The molecule has 2 aromatic rings. The number of hydrogen-bond donors (Lipinski definition) is 1. The van der Waals surface area contributed by atoms with Crippen LogP contribution in [0, 0.1) is 10.1 Å². The predicted molar refractivity (Wildman–Crippen MR) is 83.4 cm³/mol. The van der Waals surface area contributed by atoms with Gasteiger partial charge in [-0.1, -0.05) is 18.2 Å². The van der Waals surface area contributed by atoms with Gasteiger partial charge in [0.25, 0.3) is 5.69 Å². The van der Waals surface area contributed by atoms with Crippen molar-refractivity contribution in [3.8, 4) is 0 Å². The molecular formula is C12H10Br2N2O2S. The molecule has 0 fully saturated rings. The molecule has 100 valence electrons. The standard InChI is InChI=1S/C12H10Br2N2O2S/c13-8-6-11(19-12(8)14)9(15)5-7-3-1-2-4-10(7)16(17)18/h1-4,6,9H,5,15H2. The molecule has 1 atom stereocenters. The number of nitro benzene ring substituents is 1. The van der Waals surface area contributed by atoms with Crippen molar-refractivity contribution in [2.75, 3.05) is 0 Å². The van der Waals surface area contributed by atoms with Gasteiger partial charge < -0.3 is 5.73 Å². The Balaban J connectivity index is 2.24.